The smallest absolute Gasteiger partial charge is 0.246 e. The summed E-state index contributed by atoms with van der Waals surface area (Å²) in [4.78, 5) is 29.9. The molecular weight excluding hydrogens is 407 g/mol. The van der Waals surface area contributed by atoms with Crippen molar-refractivity contribution in [2.75, 3.05) is 13.6 Å². The van der Waals surface area contributed by atoms with E-state index in [0.29, 0.717) is 23.9 Å². The summed E-state index contributed by atoms with van der Waals surface area (Å²) in [6, 6.07) is 9.25. The van der Waals surface area contributed by atoms with E-state index in [0.717, 1.165) is 16.8 Å². The van der Waals surface area contributed by atoms with Crippen LogP contribution in [0.15, 0.2) is 59.2 Å². The number of guanidine groups is 1. The number of fused-ring (bicyclic) bond motifs is 1. The Labute approximate surface area is 187 Å². The number of allylic oxidation sites excluding steroid dienone is 3. The predicted octanol–water partition coefficient (Wildman–Crippen LogP) is 3.83. The predicted molar refractivity (Wildman–Crippen MR) is 123 cm³/mol. The molecule has 0 radical (unpaired) electrons. The molecule has 1 aliphatic heterocycles. The molecule has 0 saturated carbocycles. The normalized spacial score (nSPS) is 18.5. The van der Waals surface area contributed by atoms with Gasteiger partial charge in [0.2, 0.25) is 18.3 Å². The van der Waals surface area contributed by atoms with Crippen molar-refractivity contribution in [1.29, 1.82) is 0 Å². The van der Waals surface area contributed by atoms with E-state index in [1.807, 2.05) is 19.1 Å². The lowest BCUT2D eigenvalue weighted by atomic mass is 9.91. The highest BCUT2D eigenvalue weighted by Gasteiger charge is 2.22. The maximum absolute atomic E-state index is 14.4. The third-order valence-corrected chi connectivity index (χ3v) is 5.29. The second-order valence-corrected chi connectivity index (χ2v) is 8.10. The van der Waals surface area contributed by atoms with Gasteiger partial charge in [-0.25, -0.2) is 4.39 Å². The van der Waals surface area contributed by atoms with Crippen LogP contribution in [-0.2, 0) is 9.59 Å². The average molecular weight is 435 g/mol. The Morgan fingerprint density at radius 3 is 2.75 bits per heavy atom. The van der Waals surface area contributed by atoms with Crippen LogP contribution in [0.25, 0.3) is 6.08 Å². The van der Waals surface area contributed by atoms with E-state index in [1.54, 1.807) is 30.3 Å². The Kier molecular flexibility index (Phi) is 7.30. The molecule has 2 amide bonds. The topological polar surface area (TPSA) is 74.7 Å². The molecule has 32 heavy (non-hydrogen) atoms. The fourth-order valence-corrected chi connectivity index (χ4v) is 3.58. The van der Waals surface area contributed by atoms with Gasteiger partial charge in [0.15, 0.2) is 0 Å². The van der Waals surface area contributed by atoms with Crippen LogP contribution in [0.4, 0.5) is 4.39 Å². The number of rotatable bonds is 3. The number of pyridine rings is 1. The standard InChI is InChI=1S/C20H20FN.C5H7N3O2/c1-13(2)15-7-8-17(18-11-14(3)6-9-19(18)21)20-16(12-15)5-4-10-22-20;1-8-2-4(10)7-5(8)6-3-9/h4-13,17H,1-3H3;3H,2H2,1H3,(H,6,7,9,10). The number of hydrogen-bond acceptors (Lipinski definition) is 3. The lowest BCUT2D eigenvalue weighted by Gasteiger charge is -2.15. The number of halogens is 1. The number of aromatic nitrogens is 1. The number of carbonyl (C=O) groups is 2. The fraction of sp³-hybridized carbons (Fsp3) is 0.280. The van der Waals surface area contributed by atoms with Crippen molar-refractivity contribution in [1.82, 2.24) is 15.2 Å². The minimum Gasteiger partial charge on any atom is -0.336 e. The van der Waals surface area contributed by atoms with Gasteiger partial charge in [-0.3, -0.25) is 19.9 Å². The van der Waals surface area contributed by atoms with Crippen LogP contribution in [0.5, 0.6) is 0 Å². The number of aliphatic imine (C=N–C) groups is 1. The first kappa shape index (κ1) is 23.1. The Balaban J connectivity index is 0.000000243. The van der Waals surface area contributed by atoms with E-state index in [2.05, 4.69) is 53.4 Å². The van der Waals surface area contributed by atoms with Gasteiger partial charge in [-0.1, -0.05) is 49.8 Å². The summed E-state index contributed by atoms with van der Waals surface area (Å²) >= 11 is 0. The van der Waals surface area contributed by atoms with E-state index < -0.39 is 0 Å². The molecule has 1 saturated heterocycles. The molecule has 1 unspecified atom stereocenters. The zero-order chi connectivity index (χ0) is 23.3. The van der Waals surface area contributed by atoms with Gasteiger partial charge in [-0.15, -0.1) is 0 Å². The van der Waals surface area contributed by atoms with E-state index >= 15 is 0 Å². The number of carbonyl (C=O) groups excluding carboxylic acids is 2. The van der Waals surface area contributed by atoms with Crippen LogP contribution in [0, 0.1) is 18.7 Å². The summed E-state index contributed by atoms with van der Waals surface area (Å²) in [5.74, 6) is 0.280. The molecule has 2 heterocycles. The van der Waals surface area contributed by atoms with Crippen LogP contribution in [-0.4, -0.2) is 41.8 Å². The van der Waals surface area contributed by atoms with Crippen LogP contribution >= 0.6 is 0 Å². The zero-order valence-electron chi connectivity index (χ0n) is 18.7. The fourth-order valence-electron chi connectivity index (χ4n) is 3.58. The van der Waals surface area contributed by atoms with Crippen molar-refractivity contribution < 1.29 is 14.0 Å². The first-order chi connectivity index (χ1) is 15.3. The number of amides is 2. The molecule has 2 aliphatic rings. The number of likely N-dealkylation sites (N-methyl/N-ethyl adjacent to an activating group) is 1. The molecular formula is C25H27FN4O2. The lowest BCUT2D eigenvalue weighted by molar-refractivity contribution is -0.118. The maximum atomic E-state index is 14.4. The molecule has 2 aromatic rings. The van der Waals surface area contributed by atoms with Crippen LogP contribution < -0.4 is 5.32 Å². The van der Waals surface area contributed by atoms with E-state index in [-0.39, 0.29) is 24.2 Å². The molecule has 1 fully saturated rings. The molecule has 1 aliphatic carbocycles. The number of nitrogens with zero attached hydrogens (tertiary/aromatic N) is 3. The molecule has 1 N–H and O–H groups in total. The first-order valence-corrected chi connectivity index (χ1v) is 10.4. The third kappa shape index (κ3) is 5.35. The summed E-state index contributed by atoms with van der Waals surface area (Å²) in [7, 11) is 1.68. The summed E-state index contributed by atoms with van der Waals surface area (Å²) in [6.07, 6.45) is 8.53. The lowest BCUT2D eigenvalue weighted by Crippen LogP contribution is -2.26. The van der Waals surface area contributed by atoms with Gasteiger partial charge in [0, 0.05) is 24.7 Å². The van der Waals surface area contributed by atoms with E-state index in [1.165, 1.54) is 5.57 Å². The monoisotopic (exact) mass is 434 g/mol. The first-order valence-electron chi connectivity index (χ1n) is 10.4. The number of hydrogen-bond donors (Lipinski definition) is 1. The van der Waals surface area contributed by atoms with Crippen molar-refractivity contribution in [2.45, 2.75) is 26.7 Å². The highest BCUT2D eigenvalue weighted by Crippen LogP contribution is 2.34. The van der Waals surface area contributed by atoms with Crippen LogP contribution in [0.3, 0.4) is 0 Å². The van der Waals surface area contributed by atoms with E-state index in [9.17, 15) is 14.0 Å². The van der Waals surface area contributed by atoms with E-state index in [4.69, 9.17) is 0 Å². The number of benzene rings is 1. The Morgan fingerprint density at radius 1 is 1.31 bits per heavy atom. The summed E-state index contributed by atoms with van der Waals surface area (Å²) in [6.45, 7) is 6.59. The van der Waals surface area contributed by atoms with Crippen molar-refractivity contribution in [3.63, 3.8) is 0 Å². The molecule has 1 atom stereocenters. The van der Waals surface area contributed by atoms with Gasteiger partial charge in [-0.05, 0) is 42.2 Å². The highest BCUT2D eigenvalue weighted by molar-refractivity contribution is 6.05. The largest absolute Gasteiger partial charge is 0.336 e. The molecule has 0 bridgehead atoms. The van der Waals surface area contributed by atoms with Gasteiger partial charge in [-0.2, -0.15) is 4.99 Å². The molecule has 1 aromatic heterocycles. The number of nitrogens with one attached hydrogen (secondary N) is 1. The molecule has 166 valence electrons. The minimum absolute atomic E-state index is 0.136. The third-order valence-electron chi connectivity index (χ3n) is 5.29. The maximum Gasteiger partial charge on any atom is 0.246 e. The molecule has 1 aromatic carbocycles. The van der Waals surface area contributed by atoms with Gasteiger partial charge >= 0.3 is 0 Å². The molecule has 0 spiro atoms. The second-order valence-electron chi connectivity index (χ2n) is 8.10. The zero-order valence-corrected chi connectivity index (χ0v) is 18.7. The highest BCUT2D eigenvalue weighted by atomic mass is 19.1. The SMILES string of the molecule is CN1CC(=O)NC1=NC=O.Cc1ccc(F)c(C2C=CC(C(C)C)=Cc3cccnc32)c1. The molecule has 6 nitrogen and oxygen atoms in total. The van der Waals surface area contributed by atoms with Gasteiger partial charge in [0.25, 0.3) is 0 Å². The summed E-state index contributed by atoms with van der Waals surface area (Å²) in [5.41, 5.74) is 4.98. The summed E-state index contributed by atoms with van der Waals surface area (Å²) < 4.78 is 14.4. The van der Waals surface area contributed by atoms with Crippen LogP contribution in [0.2, 0.25) is 0 Å². The Hall–Kier alpha value is -3.61. The quantitative estimate of drug-likeness (QED) is 0.745. The average Bonchev–Trinajstić information content (AvgIpc) is 2.96. The van der Waals surface area contributed by atoms with Crippen molar-refractivity contribution in [3.05, 3.63) is 82.5 Å². The Morgan fingerprint density at radius 2 is 2.09 bits per heavy atom. The molecule has 7 heteroatoms. The van der Waals surface area contributed by atoms with Crippen molar-refractivity contribution in [2.24, 2.45) is 10.9 Å². The Bertz CT molecular complexity index is 1100. The second kappa shape index (κ2) is 10.1. The van der Waals surface area contributed by atoms with Crippen LogP contribution in [0.1, 0.15) is 42.1 Å². The van der Waals surface area contributed by atoms with Crippen molar-refractivity contribution in [3.8, 4) is 0 Å². The van der Waals surface area contributed by atoms with Gasteiger partial charge < -0.3 is 4.90 Å². The van der Waals surface area contributed by atoms with Crippen molar-refractivity contribution >= 4 is 24.4 Å². The minimum atomic E-state index is -0.176. The molecule has 4 rings (SSSR count). The summed E-state index contributed by atoms with van der Waals surface area (Å²) in [5, 5.41) is 2.41. The van der Waals surface area contributed by atoms with Gasteiger partial charge in [0.1, 0.15) is 5.82 Å². The number of aryl methyl sites for hydroxylation is 1. The van der Waals surface area contributed by atoms with Gasteiger partial charge in [0.05, 0.1) is 12.2 Å².